The van der Waals surface area contributed by atoms with E-state index in [0.717, 1.165) is 0 Å². The van der Waals surface area contributed by atoms with Crippen LogP contribution in [0.15, 0.2) is 24.3 Å². The molecule has 1 aromatic rings. The monoisotopic (exact) mass is 307 g/mol. The van der Waals surface area contributed by atoms with Gasteiger partial charge >= 0.3 is 6.18 Å². The van der Waals surface area contributed by atoms with Gasteiger partial charge in [0, 0.05) is 25.2 Å². The van der Waals surface area contributed by atoms with E-state index < -0.39 is 36.5 Å². The number of nitrogens with zero attached hydrogens (tertiary/aromatic N) is 1. The molecule has 1 unspecified atom stereocenters. The average molecular weight is 307 g/mol. The highest BCUT2D eigenvalue weighted by molar-refractivity contribution is 5.20. The molecule has 1 heterocycles. The Morgan fingerprint density at radius 3 is 2.29 bits per heavy atom. The lowest BCUT2D eigenvalue weighted by molar-refractivity contribution is -0.273. The Labute approximate surface area is 119 Å². The van der Waals surface area contributed by atoms with Crippen molar-refractivity contribution in [1.82, 2.24) is 4.90 Å². The summed E-state index contributed by atoms with van der Waals surface area (Å²) in [7, 11) is 0. The lowest BCUT2D eigenvalue weighted by atomic mass is 9.90. The maximum atomic E-state index is 13.5. The first-order valence-corrected chi connectivity index (χ1v) is 6.67. The molecule has 0 aromatic heterocycles. The van der Waals surface area contributed by atoms with Gasteiger partial charge in [-0.3, -0.25) is 0 Å². The minimum Gasteiger partial charge on any atom is -0.387 e. The lowest BCUT2D eigenvalue weighted by Crippen LogP contribution is -2.53. The first-order valence-electron chi connectivity index (χ1n) is 6.67. The number of β-amino-alcohol motifs (C(OH)–C–C–N with tert-alkyl or cyclic N) is 1. The normalized spacial score (nSPS) is 21.2. The zero-order chi connectivity index (χ0) is 15.7. The van der Waals surface area contributed by atoms with Crippen LogP contribution in [-0.4, -0.2) is 46.5 Å². The molecule has 0 spiro atoms. The van der Waals surface area contributed by atoms with Gasteiger partial charge in [0.25, 0.3) is 0 Å². The van der Waals surface area contributed by atoms with Crippen molar-refractivity contribution in [3.05, 3.63) is 35.6 Å². The van der Waals surface area contributed by atoms with E-state index in [0.29, 0.717) is 0 Å². The van der Waals surface area contributed by atoms with Gasteiger partial charge in [0.15, 0.2) is 5.60 Å². The number of alkyl halides is 3. The van der Waals surface area contributed by atoms with E-state index in [-0.39, 0.29) is 25.2 Å². The summed E-state index contributed by atoms with van der Waals surface area (Å²) in [4.78, 5) is 1.59. The number of piperidine rings is 1. The van der Waals surface area contributed by atoms with Crippen molar-refractivity contribution < 1.29 is 27.8 Å². The molecule has 1 atom stereocenters. The third-order valence-electron chi connectivity index (χ3n) is 3.91. The zero-order valence-electron chi connectivity index (χ0n) is 11.3. The van der Waals surface area contributed by atoms with Crippen LogP contribution in [0.1, 0.15) is 24.5 Å². The largest absolute Gasteiger partial charge is 0.417 e. The van der Waals surface area contributed by atoms with E-state index in [9.17, 15) is 27.8 Å². The maximum absolute atomic E-state index is 13.5. The van der Waals surface area contributed by atoms with E-state index in [4.69, 9.17) is 0 Å². The van der Waals surface area contributed by atoms with Crippen molar-refractivity contribution in [2.24, 2.45) is 0 Å². The van der Waals surface area contributed by atoms with E-state index in [2.05, 4.69) is 0 Å². The van der Waals surface area contributed by atoms with Crippen LogP contribution in [0.5, 0.6) is 0 Å². The quantitative estimate of drug-likeness (QED) is 0.842. The molecule has 0 amide bonds. The molecule has 0 radical (unpaired) electrons. The van der Waals surface area contributed by atoms with Crippen LogP contribution in [-0.2, 0) is 0 Å². The molecule has 1 aliphatic rings. The highest BCUT2D eigenvalue weighted by atomic mass is 19.4. The SMILES string of the molecule is OC(CN1CCC(O)(C(F)(F)F)CC1)c1ccccc1F. The standard InChI is InChI=1S/C14H17F4NO2/c15-11-4-2-1-3-10(11)12(20)9-19-7-5-13(21,6-8-19)14(16,17)18/h1-4,12,20-21H,5-9H2. The summed E-state index contributed by atoms with van der Waals surface area (Å²) >= 11 is 0. The summed E-state index contributed by atoms with van der Waals surface area (Å²) in [6, 6.07) is 5.74. The van der Waals surface area contributed by atoms with Gasteiger partial charge in [-0.05, 0) is 18.9 Å². The highest BCUT2D eigenvalue weighted by Crippen LogP contribution is 2.38. The Hall–Kier alpha value is -1.18. The molecule has 7 heteroatoms. The molecule has 1 aromatic carbocycles. The van der Waals surface area contributed by atoms with Crippen molar-refractivity contribution in [2.75, 3.05) is 19.6 Å². The number of aliphatic hydroxyl groups excluding tert-OH is 1. The minimum atomic E-state index is -4.65. The number of aliphatic hydroxyl groups is 2. The predicted molar refractivity (Wildman–Crippen MR) is 68.0 cm³/mol. The summed E-state index contributed by atoms with van der Waals surface area (Å²) in [5, 5.41) is 19.5. The average Bonchev–Trinajstić information content (AvgIpc) is 2.40. The number of hydrogen-bond acceptors (Lipinski definition) is 3. The first-order chi connectivity index (χ1) is 9.73. The number of benzene rings is 1. The summed E-state index contributed by atoms with van der Waals surface area (Å²) in [6.07, 6.45) is -6.65. The van der Waals surface area contributed by atoms with Crippen molar-refractivity contribution in [3.63, 3.8) is 0 Å². The van der Waals surface area contributed by atoms with E-state index in [1.807, 2.05) is 0 Å². The van der Waals surface area contributed by atoms with Gasteiger partial charge in [-0.1, -0.05) is 18.2 Å². The molecular weight excluding hydrogens is 290 g/mol. The molecule has 1 fully saturated rings. The van der Waals surface area contributed by atoms with E-state index in [1.165, 1.54) is 18.2 Å². The maximum Gasteiger partial charge on any atom is 0.417 e. The van der Waals surface area contributed by atoms with Crippen LogP contribution < -0.4 is 0 Å². The molecule has 1 aliphatic heterocycles. The van der Waals surface area contributed by atoms with E-state index >= 15 is 0 Å². The summed E-state index contributed by atoms with van der Waals surface area (Å²) < 4.78 is 51.5. The number of likely N-dealkylation sites (tertiary alicyclic amines) is 1. The van der Waals surface area contributed by atoms with Gasteiger partial charge in [-0.25, -0.2) is 4.39 Å². The predicted octanol–water partition coefficient (Wildman–Crippen LogP) is 2.25. The second-order valence-electron chi connectivity index (χ2n) is 5.37. The van der Waals surface area contributed by atoms with Crippen molar-refractivity contribution >= 4 is 0 Å². The van der Waals surface area contributed by atoms with Crippen molar-refractivity contribution in [1.29, 1.82) is 0 Å². The topological polar surface area (TPSA) is 43.7 Å². The molecule has 118 valence electrons. The van der Waals surface area contributed by atoms with Gasteiger partial charge in [-0.2, -0.15) is 13.2 Å². The van der Waals surface area contributed by atoms with E-state index in [1.54, 1.807) is 11.0 Å². The second kappa shape index (κ2) is 5.90. The number of hydrogen-bond donors (Lipinski definition) is 2. The second-order valence-corrected chi connectivity index (χ2v) is 5.37. The van der Waals surface area contributed by atoms with Gasteiger partial charge in [-0.15, -0.1) is 0 Å². The smallest absolute Gasteiger partial charge is 0.387 e. The van der Waals surface area contributed by atoms with Gasteiger partial charge < -0.3 is 15.1 Å². The molecule has 21 heavy (non-hydrogen) atoms. The van der Waals surface area contributed by atoms with Crippen LogP contribution in [0.4, 0.5) is 17.6 Å². The highest BCUT2D eigenvalue weighted by Gasteiger charge is 2.54. The van der Waals surface area contributed by atoms with Crippen LogP contribution >= 0.6 is 0 Å². The third-order valence-corrected chi connectivity index (χ3v) is 3.91. The fraction of sp³-hybridized carbons (Fsp3) is 0.571. The fourth-order valence-electron chi connectivity index (χ4n) is 2.48. The molecule has 0 bridgehead atoms. The van der Waals surface area contributed by atoms with Crippen LogP contribution in [0.2, 0.25) is 0 Å². The van der Waals surface area contributed by atoms with Crippen LogP contribution in [0.25, 0.3) is 0 Å². The van der Waals surface area contributed by atoms with Crippen LogP contribution in [0.3, 0.4) is 0 Å². The minimum absolute atomic E-state index is 0.00151. The fourth-order valence-corrected chi connectivity index (χ4v) is 2.48. The van der Waals surface area contributed by atoms with Gasteiger partial charge in [0.2, 0.25) is 0 Å². The number of rotatable bonds is 3. The van der Waals surface area contributed by atoms with Crippen LogP contribution in [0, 0.1) is 5.82 Å². The Bertz CT molecular complexity index is 484. The van der Waals surface area contributed by atoms with Gasteiger partial charge in [0.1, 0.15) is 5.82 Å². The lowest BCUT2D eigenvalue weighted by Gasteiger charge is -2.39. The Kier molecular flexibility index (Phi) is 4.55. The third kappa shape index (κ3) is 3.53. The van der Waals surface area contributed by atoms with Gasteiger partial charge in [0.05, 0.1) is 6.10 Å². The Balaban J connectivity index is 1.94. The van der Waals surface area contributed by atoms with Crippen molar-refractivity contribution in [3.8, 4) is 0 Å². The number of halogens is 4. The van der Waals surface area contributed by atoms with Crippen molar-refractivity contribution in [2.45, 2.75) is 30.7 Å². The zero-order valence-corrected chi connectivity index (χ0v) is 11.3. The molecular formula is C14H17F4NO2. The molecule has 0 aliphatic carbocycles. The summed E-state index contributed by atoms with van der Waals surface area (Å²) in [5.74, 6) is -0.547. The molecule has 0 saturated carbocycles. The summed E-state index contributed by atoms with van der Waals surface area (Å²) in [6.45, 7) is 0.0396. The molecule has 3 nitrogen and oxygen atoms in total. The molecule has 2 rings (SSSR count). The first kappa shape index (κ1) is 16.2. The molecule has 2 N–H and O–H groups in total. The Morgan fingerprint density at radius 2 is 1.76 bits per heavy atom. The molecule has 1 saturated heterocycles. The summed E-state index contributed by atoms with van der Waals surface area (Å²) in [5.41, 5.74) is -2.54. The Morgan fingerprint density at radius 1 is 1.19 bits per heavy atom.